The van der Waals surface area contributed by atoms with Gasteiger partial charge in [0, 0.05) is 65.5 Å². The molecule has 0 saturated carbocycles. The third-order valence-electron chi connectivity index (χ3n) is 6.43. The van der Waals surface area contributed by atoms with Crippen LogP contribution in [0.1, 0.15) is 10.4 Å². The standard InChI is InChI=1S/C26H24N8O3/c1-27-25(35)18-3-2-4-21-19(18)11-22(31-21)23-20-10-16(13-29-24(20)33-32-23)15-9-17(14-28-12-15)30-26(36)34-5-7-37-8-6-34/h2-4,9-14,31H,5-8H2,1H3,(H,27,35)(H,30,36)(H,29,32,33). The van der Waals surface area contributed by atoms with Gasteiger partial charge < -0.3 is 25.3 Å². The molecular weight excluding hydrogens is 472 g/mol. The lowest BCUT2D eigenvalue weighted by Crippen LogP contribution is -2.43. The second-order valence-electron chi connectivity index (χ2n) is 8.71. The third-order valence-corrected chi connectivity index (χ3v) is 6.43. The molecule has 4 N–H and O–H groups in total. The molecule has 0 aliphatic carbocycles. The number of carbonyl (C=O) groups excluding carboxylic acids is 2. The summed E-state index contributed by atoms with van der Waals surface area (Å²) in [5.41, 5.74) is 5.74. The molecule has 1 aromatic carbocycles. The van der Waals surface area contributed by atoms with Gasteiger partial charge in [-0.05, 0) is 30.3 Å². The Labute approximate surface area is 211 Å². The van der Waals surface area contributed by atoms with Gasteiger partial charge in [0.1, 0.15) is 5.69 Å². The van der Waals surface area contributed by atoms with E-state index in [4.69, 9.17) is 4.74 Å². The Hall–Kier alpha value is -4.77. The van der Waals surface area contributed by atoms with Gasteiger partial charge in [0.05, 0.1) is 30.8 Å². The van der Waals surface area contributed by atoms with Crippen molar-refractivity contribution >= 4 is 39.6 Å². The molecule has 1 saturated heterocycles. The van der Waals surface area contributed by atoms with Gasteiger partial charge in [-0.3, -0.25) is 14.9 Å². The van der Waals surface area contributed by atoms with Crippen molar-refractivity contribution in [2.45, 2.75) is 0 Å². The third kappa shape index (κ3) is 4.25. The fraction of sp³-hybridized carbons (Fsp3) is 0.192. The van der Waals surface area contributed by atoms with Crippen LogP contribution in [-0.4, -0.2) is 75.3 Å². The summed E-state index contributed by atoms with van der Waals surface area (Å²) < 4.78 is 5.32. The average Bonchev–Trinajstić information content (AvgIpc) is 3.57. The van der Waals surface area contributed by atoms with Gasteiger partial charge in [-0.15, -0.1) is 0 Å². The number of nitrogens with one attached hydrogen (secondary N) is 4. The van der Waals surface area contributed by atoms with E-state index in [0.717, 1.165) is 33.1 Å². The van der Waals surface area contributed by atoms with Gasteiger partial charge in [0.25, 0.3) is 5.91 Å². The Bertz CT molecular complexity index is 1630. The maximum Gasteiger partial charge on any atom is 0.322 e. The van der Waals surface area contributed by atoms with Crippen LogP contribution in [0.2, 0.25) is 0 Å². The van der Waals surface area contributed by atoms with Gasteiger partial charge in [0.2, 0.25) is 0 Å². The molecular formula is C26H24N8O3. The van der Waals surface area contributed by atoms with Crippen LogP contribution >= 0.6 is 0 Å². The fourth-order valence-electron chi connectivity index (χ4n) is 4.52. The number of aromatic amines is 2. The summed E-state index contributed by atoms with van der Waals surface area (Å²) in [5.74, 6) is -0.153. The van der Waals surface area contributed by atoms with Gasteiger partial charge in [-0.1, -0.05) is 6.07 Å². The minimum atomic E-state index is -0.178. The van der Waals surface area contributed by atoms with Crippen LogP contribution in [0, 0.1) is 0 Å². The summed E-state index contributed by atoms with van der Waals surface area (Å²) in [6.07, 6.45) is 5.08. The monoisotopic (exact) mass is 496 g/mol. The van der Waals surface area contributed by atoms with Crippen molar-refractivity contribution in [2.24, 2.45) is 0 Å². The van der Waals surface area contributed by atoms with Crippen LogP contribution in [-0.2, 0) is 4.74 Å². The van der Waals surface area contributed by atoms with E-state index >= 15 is 0 Å². The number of urea groups is 1. The summed E-state index contributed by atoms with van der Waals surface area (Å²) in [4.78, 5) is 38.9. The normalized spacial score (nSPS) is 13.7. The lowest BCUT2D eigenvalue weighted by molar-refractivity contribution is 0.0564. The first-order valence-electron chi connectivity index (χ1n) is 11.9. The lowest BCUT2D eigenvalue weighted by atomic mass is 10.1. The average molecular weight is 497 g/mol. The van der Waals surface area contributed by atoms with E-state index in [1.54, 1.807) is 36.6 Å². The van der Waals surface area contributed by atoms with E-state index in [0.29, 0.717) is 48.9 Å². The summed E-state index contributed by atoms with van der Waals surface area (Å²) in [6, 6.07) is 11.1. The zero-order chi connectivity index (χ0) is 25.4. The van der Waals surface area contributed by atoms with E-state index in [9.17, 15) is 9.59 Å². The summed E-state index contributed by atoms with van der Waals surface area (Å²) >= 11 is 0. The number of rotatable bonds is 4. The molecule has 5 heterocycles. The van der Waals surface area contributed by atoms with E-state index in [2.05, 4.69) is 35.8 Å². The highest BCUT2D eigenvalue weighted by molar-refractivity contribution is 6.08. The van der Waals surface area contributed by atoms with Crippen LogP contribution in [0.3, 0.4) is 0 Å². The highest BCUT2D eigenvalue weighted by Crippen LogP contribution is 2.32. The number of benzene rings is 1. The number of aromatic nitrogens is 5. The molecule has 0 radical (unpaired) electrons. The molecule has 6 rings (SSSR count). The van der Waals surface area contributed by atoms with Crippen LogP contribution in [0.25, 0.3) is 44.5 Å². The topological polar surface area (TPSA) is 141 Å². The maximum atomic E-state index is 12.6. The molecule has 1 aliphatic heterocycles. The molecule has 1 fully saturated rings. The number of carbonyl (C=O) groups is 2. The first kappa shape index (κ1) is 22.7. The first-order chi connectivity index (χ1) is 18.1. The van der Waals surface area contributed by atoms with Crippen molar-refractivity contribution in [3.8, 4) is 22.5 Å². The van der Waals surface area contributed by atoms with Crippen molar-refractivity contribution in [1.82, 2.24) is 35.4 Å². The van der Waals surface area contributed by atoms with Gasteiger partial charge in [-0.2, -0.15) is 5.10 Å². The number of hydrogen-bond acceptors (Lipinski definition) is 6. The van der Waals surface area contributed by atoms with E-state index in [1.165, 1.54) is 0 Å². The zero-order valence-corrected chi connectivity index (χ0v) is 20.0. The number of fused-ring (bicyclic) bond motifs is 2. The first-order valence-corrected chi connectivity index (χ1v) is 11.9. The van der Waals surface area contributed by atoms with Crippen molar-refractivity contribution < 1.29 is 14.3 Å². The largest absolute Gasteiger partial charge is 0.378 e. The van der Waals surface area contributed by atoms with Crippen molar-refractivity contribution in [3.05, 3.63) is 60.6 Å². The molecule has 11 nitrogen and oxygen atoms in total. The summed E-state index contributed by atoms with van der Waals surface area (Å²) in [6.45, 7) is 2.18. The molecule has 11 heteroatoms. The number of nitrogens with zero attached hydrogens (tertiary/aromatic N) is 4. The van der Waals surface area contributed by atoms with Crippen molar-refractivity contribution in [3.63, 3.8) is 0 Å². The van der Waals surface area contributed by atoms with E-state index in [-0.39, 0.29) is 11.9 Å². The number of anilines is 1. The van der Waals surface area contributed by atoms with Gasteiger partial charge in [0.15, 0.2) is 5.65 Å². The highest BCUT2D eigenvalue weighted by Gasteiger charge is 2.18. The van der Waals surface area contributed by atoms with E-state index in [1.807, 2.05) is 30.3 Å². The zero-order valence-electron chi connectivity index (χ0n) is 20.0. The Balaban J connectivity index is 1.33. The molecule has 0 unspecified atom stereocenters. The molecule has 37 heavy (non-hydrogen) atoms. The predicted molar refractivity (Wildman–Crippen MR) is 139 cm³/mol. The number of H-pyrrole nitrogens is 2. The number of hydrogen-bond donors (Lipinski definition) is 4. The molecule has 4 aromatic heterocycles. The Kier molecular flexibility index (Phi) is 5.73. The SMILES string of the molecule is CNC(=O)c1cccc2[nH]c(-c3n[nH]c4ncc(-c5cncc(NC(=O)N6CCOCC6)c5)cc34)cc12. The Morgan fingerprint density at radius 3 is 2.70 bits per heavy atom. The minimum Gasteiger partial charge on any atom is -0.378 e. The van der Waals surface area contributed by atoms with Gasteiger partial charge in [-0.25, -0.2) is 9.78 Å². The number of amides is 3. The molecule has 0 atom stereocenters. The molecule has 1 aliphatic rings. The van der Waals surface area contributed by atoms with Gasteiger partial charge >= 0.3 is 6.03 Å². The predicted octanol–water partition coefficient (Wildman–Crippen LogP) is 3.39. The maximum absolute atomic E-state index is 12.6. The Morgan fingerprint density at radius 1 is 1.03 bits per heavy atom. The van der Waals surface area contributed by atoms with Crippen molar-refractivity contribution in [2.75, 3.05) is 38.7 Å². The minimum absolute atomic E-state index is 0.153. The molecule has 3 amide bonds. The molecule has 0 spiro atoms. The summed E-state index contributed by atoms with van der Waals surface area (Å²) in [5, 5.41) is 14.7. The van der Waals surface area contributed by atoms with Crippen LogP contribution < -0.4 is 10.6 Å². The molecule has 0 bridgehead atoms. The van der Waals surface area contributed by atoms with Crippen molar-refractivity contribution in [1.29, 1.82) is 0 Å². The summed E-state index contributed by atoms with van der Waals surface area (Å²) in [7, 11) is 1.61. The Morgan fingerprint density at radius 2 is 1.86 bits per heavy atom. The van der Waals surface area contributed by atoms with Crippen LogP contribution in [0.5, 0.6) is 0 Å². The number of morpholine rings is 1. The molecule has 5 aromatic rings. The van der Waals surface area contributed by atoms with Crippen LogP contribution in [0.4, 0.5) is 10.5 Å². The lowest BCUT2D eigenvalue weighted by Gasteiger charge is -2.26. The van der Waals surface area contributed by atoms with Crippen LogP contribution in [0.15, 0.2) is 55.0 Å². The number of pyridine rings is 2. The smallest absolute Gasteiger partial charge is 0.322 e. The van der Waals surface area contributed by atoms with E-state index < -0.39 is 0 Å². The highest BCUT2D eigenvalue weighted by atomic mass is 16.5. The second-order valence-corrected chi connectivity index (χ2v) is 8.71. The molecule has 186 valence electrons. The second kappa shape index (κ2) is 9.36. The fourth-order valence-corrected chi connectivity index (χ4v) is 4.52. The quantitative estimate of drug-likeness (QED) is 0.301. The number of ether oxygens (including phenoxy) is 1.